The highest BCUT2D eigenvalue weighted by atomic mass is 32.2. The van der Waals surface area contributed by atoms with E-state index in [-0.39, 0.29) is 17.5 Å². The first kappa shape index (κ1) is 18.8. The van der Waals surface area contributed by atoms with Gasteiger partial charge in [0.1, 0.15) is 6.54 Å². The second-order valence-corrected chi connectivity index (χ2v) is 8.40. The van der Waals surface area contributed by atoms with Gasteiger partial charge in [0.05, 0.1) is 17.2 Å². The number of hydrogen-bond donors (Lipinski definition) is 2. The summed E-state index contributed by atoms with van der Waals surface area (Å²) < 4.78 is 28.5. The second kappa shape index (κ2) is 8.50. The zero-order chi connectivity index (χ0) is 17.6. The molecule has 1 aliphatic rings. The molecule has 0 radical (unpaired) electrons. The number of hydrogen-bond acceptors (Lipinski definition) is 5. The fraction of sp³-hybridized carbons (Fsp3) is 0.750. The number of aliphatic imine (C=N–C) groups is 1. The van der Waals surface area contributed by atoms with Gasteiger partial charge in [-0.25, -0.2) is 13.4 Å². The average Bonchev–Trinajstić information content (AvgIpc) is 3.13. The zero-order valence-electron chi connectivity index (χ0n) is 14.7. The van der Waals surface area contributed by atoms with Crippen molar-refractivity contribution >= 4 is 15.8 Å². The maximum Gasteiger partial charge on any atom is 0.191 e. The molecule has 1 aromatic heterocycles. The summed E-state index contributed by atoms with van der Waals surface area (Å²) in [5, 5.41) is 10.5. The number of aromatic nitrogens is 1. The molecule has 1 aliphatic heterocycles. The van der Waals surface area contributed by atoms with Crippen LogP contribution in [0.25, 0.3) is 0 Å². The van der Waals surface area contributed by atoms with Crippen molar-refractivity contribution in [3.8, 4) is 0 Å². The first-order chi connectivity index (χ1) is 11.5. The summed E-state index contributed by atoms with van der Waals surface area (Å²) in [7, 11) is -2.91. The number of nitrogens with zero attached hydrogens (tertiary/aromatic N) is 2. The maximum absolute atomic E-state index is 11.6. The van der Waals surface area contributed by atoms with Gasteiger partial charge in [-0.2, -0.15) is 0 Å². The van der Waals surface area contributed by atoms with Gasteiger partial charge in [0.2, 0.25) is 0 Å². The molecule has 0 saturated carbocycles. The highest BCUT2D eigenvalue weighted by molar-refractivity contribution is 7.91. The molecule has 0 aromatic carbocycles. The summed E-state index contributed by atoms with van der Waals surface area (Å²) in [4.78, 5) is 4.49. The van der Waals surface area contributed by atoms with Crippen LogP contribution in [0.2, 0.25) is 0 Å². The SMILES string of the molecule is CCNC(=NCc1cc(C(CC)CC)no1)NC1CCS(=O)(=O)C1. The molecule has 24 heavy (non-hydrogen) atoms. The molecule has 0 amide bonds. The number of rotatable bonds is 7. The molecular formula is C16H28N4O3S. The van der Waals surface area contributed by atoms with Gasteiger partial charge in [0, 0.05) is 24.6 Å². The molecule has 1 unspecified atom stereocenters. The summed E-state index contributed by atoms with van der Waals surface area (Å²) >= 11 is 0. The minimum Gasteiger partial charge on any atom is -0.359 e. The van der Waals surface area contributed by atoms with Gasteiger partial charge in [0.25, 0.3) is 0 Å². The highest BCUT2D eigenvalue weighted by Crippen LogP contribution is 2.22. The minimum absolute atomic E-state index is 0.0809. The molecule has 1 fully saturated rings. The lowest BCUT2D eigenvalue weighted by molar-refractivity contribution is 0.372. The van der Waals surface area contributed by atoms with E-state index in [4.69, 9.17) is 4.52 Å². The van der Waals surface area contributed by atoms with Crippen LogP contribution in [0.4, 0.5) is 0 Å². The third-order valence-corrected chi connectivity index (χ3v) is 6.06. The Kier molecular flexibility index (Phi) is 6.65. The van der Waals surface area contributed by atoms with Crippen molar-refractivity contribution in [2.45, 2.75) is 58.5 Å². The van der Waals surface area contributed by atoms with Crippen LogP contribution in [0.5, 0.6) is 0 Å². The summed E-state index contributed by atoms with van der Waals surface area (Å²) in [6.07, 6.45) is 2.69. The van der Waals surface area contributed by atoms with Crippen LogP contribution in [0.3, 0.4) is 0 Å². The van der Waals surface area contributed by atoms with E-state index in [2.05, 4.69) is 34.6 Å². The summed E-state index contributed by atoms with van der Waals surface area (Å²) in [5.41, 5.74) is 0.977. The monoisotopic (exact) mass is 356 g/mol. The molecule has 1 saturated heterocycles. The predicted molar refractivity (Wildman–Crippen MR) is 94.8 cm³/mol. The largest absolute Gasteiger partial charge is 0.359 e. The lowest BCUT2D eigenvalue weighted by atomic mass is 9.99. The van der Waals surface area contributed by atoms with Gasteiger partial charge in [-0.3, -0.25) is 0 Å². The Hall–Kier alpha value is -1.57. The second-order valence-electron chi connectivity index (χ2n) is 6.17. The Bertz CT molecular complexity index is 650. The molecule has 136 valence electrons. The quantitative estimate of drug-likeness (QED) is 0.571. The van der Waals surface area contributed by atoms with Crippen molar-refractivity contribution in [2.24, 2.45) is 4.99 Å². The summed E-state index contributed by atoms with van der Waals surface area (Å²) in [6, 6.07) is 1.88. The molecule has 0 aliphatic carbocycles. The van der Waals surface area contributed by atoms with Crippen molar-refractivity contribution in [3.63, 3.8) is 0 Å². The normalized spacial score (nSPS) is 20.5. The minimum atomic E-state index is -2.91. The third kappa shape index (κ3) is 5.22. The molecule has 2 N–H and O–H groups in total. The Labute approximate surface area is 144 Å². The molecular weight excluding hydrogens is 328 g/mol. The molecule has 1 atom stereocenters. The van der Waals surface area contributed by atoms with E-state index >= 15 is 0 Å². The van der Waals surface area contributed by atoms with Crippen LogP contribution in [-0.4, -0.2) is 43.6 Å². The average molecular weight is 356 g/mol. The van der Waals surface area contributed by atoms with E-state index < -0.39 is 9.84 Å². The zero-order valence-corrected chi connectivity index (χ0v) is 15.5. The molecule has 0 bridgehead atoms. The molecule has 2 heterocycles. The fourth-order valence-electron chi connectivity index (χ4n) is 2.88. The van der Waals surface area contributed by atoms with Crippen LogP contribution in [-0.2, 0) is 16.4 Å². The van der Waals surface area contributed by atoms with Crippen LogP contribution in [0.1, 0.15) is 57.4 Å². The van der Waals surface area contributed by atoms with E-state index in [1.807, 2.05) is 13.0 Å². The fourth-order valence-corrected chi connectivity index (χ4v) is 4.56. The smallest absolute Gasteiger partial charge is 0.191 e. The van der Waals surface area contributed by atoms with Crippen molar-refractivity contribution in [1.29, 1.82) is 0 Å². The topological polar surface area (TPSA) is 96.6 Å². The summed E-state index contributed by atoms with van der Waals surface area (Å²) in [5.74, 6) is 2.15. The number of sulfone groups is 1. The molecule has 2 rings (SSSR count). The predicted octanol–water partition coefficient (Wildman–Crippen LogP) is 1.82. The van der Waals surface area contributed by atoms with Crippen LogP contribution in [0.15, 0.2) is 15.6 Å². The Morgan fingerprint density at radius 3 is 2.75 bits per heavy atom. The van der Waals surface area contributed by atoms with Crippen molar-refractivity contribution in [2.75, 3.05) is 18.1 Å². The summed E-state index contributed by atoms with van der Waals surface area (Å²) in [6.45, 7) is 7.35. The Morgan fingerprint density at radius 1 is 1.42 bits per heavy atom. The van der Waals surface area contributed by atoms with E-state index in [9.17, 15) is 8.42 Å². The number of nitrogens with one attached hydrogen (secondary N) is 2. The van der Waals surface area contributed by atoms with Crippen LogP contribution in [0, 0.1) is 0 Å². The van der Waals surface area contributed by atoms with Gasteiger partial charge in [-0.1, -0.05) is 19.0 Å². The lowest BCUT2D eigenvalue weighted by Gasteiger charge is -2.15. The maximum atomic E-state index is 11.6. The first-order valence-electron chi connectivity index (χ1n) is 8.68. The van der Waals surface area contributed by atoms with Gasteiger partial charge in [0.15, 0.2) is 21.6 Å². The first-order valence-corrected chi connectivity index (χ1v) is 10.5. The molecule has 1 aromatic rings. The standard InChI is InChI=1S/C16H28N4O3S/c1-4-12(5-2)15-9-14(23-20-15)10-18-16(17-6-3)19-13-7-8-24(21,22)11-13/h9,12-13H,4-8,10-11H2,1-3H3,(H2,17,18,19). The van der Waals surface area contributed by atoms with E-state index in [0.29, 0.717) is 37.1 Å². The molecule has 7 nitrogen and oxygen atoms in total. The van der Waals surface area contributed by atoms with Gasteiger partial charge < -0.3 is 15.2 Å². The van der Waals surface area contributed by atoms with Gasteiger partial charge >= 0.3 is 0 Å². The van der Waals surface area contributed by atoms with E-state index in [1.165, 1.54) is 0 Å². The highest BCUT2D eigenvalue weighted by Gasteiger charge is 2.28. The van der Waals surface area contributed by atoms with Crippen LogP contribution < -0.4 is 10.6 Å². The van der Waals surface area contributed by atoms with Crippen molar-refractivity contribution in [1.82, 2.24) is 15.8 Å². The third-order valence-electron chi connectivity index (χ3n) is 4.29. The van der Waals surface area contributed by atoms with Crippen molar-refractivity contribution < 1.29 is 12.9 Å². The molecule has 0 spiro atoms. The molecule has 8 heteroatoms. The van der Waals surface area contributed by atoms with E-state index in [1.54, 1.807) is 0 Å². The van der Waals surface area contributed by atoms with Crippen LogP contribution >= 0.6 is 0 Å². The van der Waals surface area contributed by atoms with Gasteiger partial charge in [-0.15, -0.1) is 0 Å². The van der Waals surface area contributed by atoms with Crippen molar-refractivity contribution in [3.05, 3.63) is 17.5 Å². The Morgan fingerprint density at radius 2 is 2.17 bits per heavy atom. The lowest BCUT2D eigenvalue weighted by Crippen LogP contribution is -2.44. The van der Waals surface area contributed by atoms with E-state index in [0.717, 1.165) is 18.5 Å². The Balaban J connectivity index is 1.98. The number of guanidine groups is 1. The van der Waals surface area contributed by atoms with Gasteiger partial charge in [-0.05, 0) is 26.2 Å².